The first kappa shape index (κ1) is 19.2. The molecule has 1 N–H and O–H groups in total. The number of methoxy groups -OCH3 is 1. The van der Waals surface area contributed by atoms with E-state index in [1.807, 2.05) is 24.3 Å². The number of halogens is 3. The zero-order chi connectivity index (χ0) is 19.4. The highest BCUT2D eigenvalue weighted by Gasteiger charge is 2.42. The minimum absolute atomic E-state index is 0.0224. The lowest BCUT2D eigenvalue weighted by molar-refractivity contribution is -0.182. The molecule has 0 aliphatic carbocycles. The van der Waals surface area contributed by atoms with Crippen LogP contribution in [0.4, 0.5) is 13.2 Å². The van der Waals surface area contributed by atoms with Crippen molar-refractivity contribution in [1.82, 2.24) is 20.1 Å². The number of hydrogen-bond acceptors (Lipinski definition) is 4. The molecule has 2 heterocycles. The molecule has 3 rings (SSSR count). The Balaban J connectivity index is 1.53. The highest BCUT2D eigenvalue weighted by atomic mass is 19.4. The smallest absolute Gasteiger partial charge is 0.393 e. The maximum Gasteiger partial charge on any atom is 0.393 e. The van der Waals surface area contributed by atoms with E-state index < -0.39 is 12.1 Å². The van der Waals surface area contributed by atoms with Gasteiger partial charge in [0.2, 0.25) is 5.91 Å². The number of alkyl halides is 3. The van der Waals surface area contributed by atoms with E-state index in [1.165, 1.54) is 4.57 Å². The van der Waals surface area contributed by atoms with Gasteiger partial charge in [-0.05, 0) is 30.5 Å². The Kier molecular flexibility index (Phi) is 5.67. The minimum Gasteiger partial charge on any atom is -0.497 e. The molecule has 0 saturated carbocycles. The number of nitrogens with one attached hydrogen (secondary N) is 1. The molecule has 1 atom stereocenters. The Hall–Kier alpha value is -2.58. The van der Waals surface area contributed by atoms with Gasteiger partial charge < -0.3 is 14.6 Å². The third-order valence-corrected chi connectivity index (χ3v) is 4.70. The van der Waals surface area contributed by atoms with E-state index in [-0.39, 0.29) is 38.3 Å². The van der Waals surface area contributed by atoms with Crippen molar-refractivity contribution in [2.24, 2.45) is 5.92 Å². The van der Waals surface area contributed by atoms with Crippen LogP contribution < -0.4 is 10.1 Å². The van der Waals surface area contributed by atoms with Crippen LogP contribution in [0.3, 0.4) is 0 Å². The largest absolute Gasteiger partial charge is 0.497 e. The van der Waals surface area contributed by atoms with Crippen LogP contribution in [0.15, 0.2) is 24.3 Å². The molecule has 1 aromatic heterocycles. The fourth-order valence-corrected chi connectivity index (χ4v) is 3.13. The number of rotatable bonds is 6. The number of aromatic nitrogens is 3. The van der Waals surface area contributed by atoms with Crippen LogP contribution in [0.2, 0.25) is 0 Å². The van der Waals surface area contributed by atoms with Crippen molar-refractivity contribution >= 4 is 5.91 Å². The van der Waals surface area contributed by atoms with Crippen LogP contribution in [-0.4, -0.2) is 34.0 Å². The quantitative estimate of drug-likeness (QED) is 0.834. The van der Waals surface area contributed by atoms with Crippen molar-refractivity contribution in [3.8, 4) is 5.75 Å². The molecule has 1 amide bonds. The molecular weight excluding hydrogens is 361 g/mol. The van der Waals surface area contributed by atoms with E-state index in [2.05, 4.69) is 15.5 Å². The van der Waals surface area contributed by atoms with E-state index in [1.54, 1.807) is 7.11 Å². The molecule has 6 nitrogen and oxygen atoms in total. The van der Waals surface area contributed by atoms with Gasteiger partial charge in [-0.15, -0.1) is 10.2 Å². The van der Waals surface area contributed by atoms with Crippen LogP contribution in [0, 0.1) is 5.92 Å². The molecule has 27 heavy (non-hydrogen) atoms. The number of amides is 1. The fourth-order valence-electron chi connectivity index (χ4n) is 3.13. The molecule has 0 radical (unpaired) electrons. The summed E-state index contributed by atoms with van der Waals surface area (Å²) in [6.45, 7) is -0.130. The van der Waals surface area contributed by atoms with Gasteiger partial charge in [-0.25, -0.2) is 0 Å². The Morgan fingerprint density at radius 2 is 2.19 bits per heavy atom. The van der Waals surface area contributed by atoms with Gasteiger partial charge in [0.25, 0.3) is 0 Å². The van der Waals surface area contributed by atoms with E-state index >= 15 is 0 Å². The number of fused-ring (bicyclic) bond motifs is 1. The van der Waals surface area contributed by atoms with Crippen molar-refractivity contribution < 1.29 is 22.7 Å². The second-order valence-corrected chi connectivity index (χ2v) is 6.55. The lowest BCUT2D eigenvalue weighted by Crippen LogP contribution is -2.34. The second-order valence-electron chi connectivity index (χ2n) is 6.55. The van der Waals surface area contributed by atoms with E-state index in [9.17, 15) is 18.0 Å². The second kappa shape index (κ2) is 7.98. The normalized spacial score (nSPS) is 16.7. The lowest BCUT2D eigenvalue weighted by atomic mass is 9.99. The van der Waals surface area contributed by atoms with Gasteiger partial charge in [0.05, 0.1) is 19.6 Å². The third-order valence-electron chi connectivity index (χ3n) is 4.70. The van der Waals surface area contributed by atoms with E-state index in [0.29, 0.717) is 18.1 Å². The Morgan fingerprint density at radius 1 is 1.37 bits per heavy atom. The standard InChI is InChI=1S/C18H21F3N4O2/c1-27-14-4-2-3-12(9-14)5-8-17(26)22-10-16-24-23-15-7-6-13(11-25(15)16)18(19,20)21/h2-4,9,13H,5-8,10-11H2,1H3,(H,22,26)/t13-/m1/s1. The predicted octanol–water partition coefficient (Wildman–Crippen LogP) is 2.66. The van der Waals surface area contributed by atoms with Gasteiger partial charge >= 0.3 is 6.18 Å². The summed E-state index contributed by atoms with van der Waals surface area (Å²) in [5.74, 6) is 0.0221. The molecule has 0 bridgehead atoms. The number of carbonyl (C=O) groups is 1. The van der Waals surface area contributed by atoms with Gasteiger partial charge in [0.15, 0.2) is 5.82 Å². The zero-order valence-corrected chi connectivity index (χ0v) is 14.9. The highest BCUT2D eigenvalue weighted by Crippen LogP contribution is 2.34. The zero-order valence-electron chi connectivity index (χ0n) is 14.9. The summed E-state index contributed by atoms with van der Waals surface area (Å²) in [5, 5.41) is 10.6. The lowest BCUT2D eigenvalue weighted by Gasteiger charge is -2.26. The molecule has 0 unspecified atom stereocenters. The SMILES string of the molecule is COc1cccc(CCC(=O)NCc2nnc3n2C[C@H](C(F)(F)F)CC3)c1. The first-order valence-electron chi connectivity index (χ1n) is 8.74. The van der Waals surface area contributed by atoms with Gasteiger partial charge in [0, 0.05) is 19.4 Å². The molecule has 0 fully saturated rings. The Bertz CT molecular complexity index is 804. The van der Waals surface area contributed by atoms with Crippen molar-refractivity contribution in [2.45, 2.75) is 44.9 Å². The molecular formula is C18H21F3N4O2. The van der Waals surface area contributed by atoms with Gasteiger partial charge in [-0.2, -0.15) is 13.2 Å². The molecule has 1 aliphatic rings. The average molecular weight is 382 g/mol. The monoisotopic (exact) mass is 382 g/mol. The molecule has 2 aromatic rings. The van der Waals surface area contributed by atoms with Crippen LogP contribution in [0.1, 0.15) is 30.1 Å². The number of benzene rings is 1. The summed E-state index contributed by atoms with van der Waals surface area (Å²) >= 11 is 0. The van der Waals surface area contributed by atoms with Crippen LogP contribution >= 0.6 is 0 Å². The number of aryl methyl sites for hydroxylation is 2. The van der Waals surface area contributed by atoms with E-state index in [0.717, 1.165) is 11.3 Å². The Morgan fingerprint density at radius 3 is 2.93 bits per heavy atom. The van der Waals surface area contributed by atoms with Crippen molar-refractivity contribution in [3.63, 3.8) is 0 Å². The summed E-state index contributed by atoms with van der Waals surface area (Å²) in [7, 11) is 1.58. The summed E-state index contributed by atoms with van der Waals surface area (Å²) in [4.78, 5) is 12.1. The molecule has 1 aromatic carbocycles. The van der Waals surface area contributed by atoms with Gasteiger partial charge in [0.1, 0.15) is 11.6 Å². The summed E-state index contributed by atoms with van der Waals surface area (Å²) in [6.07, 6.45) is -3.18. The van der Waals surface area contributed by atoms with Gasteiger partial charge in [-0.1, -0.05) is 12.1 Å². The summed E-state index contributed by atoms with van der Waals surface area (Å²) in [6, 6.07) is 7.44. The molecule has 1 aliphatic heterocycles. The number of nitrogens with zero attached hydrogens (tertiary/aromatic N) is 3. The molecule has 9 heteroatoms. The third kappa shape index (κ3) is 4.78. The average Bonchev–Trinajstić information content (AvgIpc) is 3.06. The predicted molar refractivity (Wildman–Crippen MR) is 91.0 cm³/mol. The van der Waals surface area contributed by atoms with Crippen molar-refractivity contribution in [3.05, 3.63) is 41.5 Å². The highest BCUT2D eigenvalue weighted by molar-refractivity contribution is 5.76. The van der Waals surface area contributed by atoms with Crippen LogP contribution in [-0.2, 0) is 30.7 Å². The maximum atomic E-state index is 13.0. The van der Waals surface area contributed by atoms with Crippen molar-refractivity contribution in [1.29, 1.82) is 0 Å². The first-order chi connectivity index (χ1) is 12.9. The molecule has 0 saturated heterocycles. The Labute approximate surface area is 154 Å². The maximum absolute atomic E-state index is 13.0. The number of carbonyl (C=O) groups excluding carboxylic acids is 1. The van der Waals surface area contributed by atoms with E-state index in [4.69, 9.17) is 4.74 Å². The number of ether oxygens (including phenoxy) is 1. The topological polar surface area (TPSA) is 69.0 Å². The molecule has 146 valence electrons. The first-order valence-corrected chi connectivity index (χ1v) is 8.74. The minimum atomic E-state index is -4.24. The van der Waals surface area contributed by atoms with Crippen molar-refractivity contribution in [2.75, 3.05) is 7.11 Å². The van der Waals surface area contributed by atoms with Crippen LogP contribution in [0.5, 0.6) is 5.75 Å². The number of hydrogen-bond donors (Lipinski definition) is 1. The van der Waals surface area contributed by atoms with Crippen LogP contribution in [0.25, 0.3) is 0 Å². The van der Waals surface area contributed by atoms with Gasteiger partial charge in [-0.3, -0.25) is 4.79 Å². The molecule has 0 spiro atoms. The summed E-state index contributed by atoms with van der Waals surface area (Å²) < 4.78 is 45.5. The fraction of sp³-hybridized carbons (Fsp3) is 0.500. The summed E-state index contributed by atoms with van der Waals surface area (Å²) in [5.41, 5.74) is 0.970.